The van der Waals surface area contributed by atoms with E-state index in [9.17, 15) is 8.42 Å². The Morgan fingerprint density at radius 3 is 2.53 bits per heavy atom. The quantitative estimate of drug-likeness (QED) is 0.766. The van der Waals surface area contributed by atoms with E-state index >= 15 is 0 Å². The molecule has 5 heteroatoms. The molecule has 0 fully saturated rings. The lowest BCUT2D eigenvalue weighted by Crippen LogP contribution is -2.11. The summed E-state index contributed by atoms with van der Waals surface area (Å²) in [7, 11) is -2.83. The number of sulfone groups is 1. The summed E-state index contributed by atoms with van der Waals surface area (Å²) in [5, 5.41) is 0. The van der Waals surface area contributed by atoms with Crippen molar-refractivity contribution in [3.63, 3.8) is 0 Å². The Labute approximate surface area is 91.3 Å². The molecule has 0 aliphatic rings. The minimum absolute atomic E-state index is 0.231. The van der Waals surface area contributed by atoms with Gasteiger partial charge < -0.3 is 4.57 Å². The standard InChI is InChI=1S/C10H18N2O2S/c1-4-15(13,14)7-5-6-12-8-11-9(2)10(12)3/h8H,4-7H2,1-3H3. The van der Waals surface area contributed by atoms with Gasteiger partial charge in [-0.2, -0.15) is 0 Å². The highest BCUT2D eigenvalue weighted by molar-refractivity contribution is 7.91. The van der Waals surface area contributed by atoms with E-state index in [2.05, 4.69) is 4.98 Å². The Balaban J connectivity index is 2.49. The normalized spacial score (nSPS) is 11.9. The number of hydrogen-bond donors (Lipinski definition) is 0. The minimum atomic E-state index is -2.83. The molecule has 0 N–H and O–H groups in total. The van der Waals surface area contributed by atoms with Crippen LogP contribution in [0.4, 0.5) is 0 Å². The third-order valence-electron chi connectivity index (χ3n) is 2.64. The molecule has 1 heterocycles. The van der Waals surface area contributed by atoms with Crippen molar-refractivity contribution in [2.45, 2.75) is 33.7 Å². The number of hydrogen-bond acceptors (Lipinski definition) is 3. The monoisotopic (exact) mass is 230 g/mol. The predicted molar refractivity (Wildman–Crippen MR) is 60.6 cm³/mol. The second-order valence-corrected chi connectivity index (χ2v) is 6.17. The maximum Gasteiger partial charge on any atom is 0.150 e. The number of aromatic nitrogens is 2. The maximum absolute atomic E-state index is 11.3. The summed E-state index contributed by atoms with van der Waals surface area (Å²) in [5.74, 6) is 0.495. The van der Waals surface area contributed by atoms with Crippen LogP contribution in [-0.4, -0.2) is 29.5 Å². The van der Waals surface area contributed by atoms with Crippen LogP contribution < -0.4 is 0 Å². The highest BCUT2D eigenvalue weighted by Gasteiger charge is 2.07. The zero-order chi connectivity index (χ0) is 11.5. The lowest BCUT2D eigenvalue weighted by Gasteiger charge is -2.05. The summed E-state index contributed by atoms with van der Waals surface area (Å²) in [6.45, 7) is 6.36. The van der Waals surface area contributed by atoms with Gasteiger partial charge in [0.05, 0.1) is 17.8 Å². The largest absolute Gasteiger partial charge is 0.335 e. The van der Waals surface area contributed by atoms with Gasteiger partial charge in [0, 0.05) is 18.0 Å². The Morgan fingerprint density at radius 2 is 2.07 bits per heavy atom. The summed E-state index contributed by atoms with van der Waals surface area (Å²) in [6.07, 6.45) is 2.43. The first-order chi connectivity index (χ1) is 6.96. The fourth-order valence-electron chi connectivity index (χ4n) is 1.37. The van der Waals surface area contributed by atoms with Gasteiger partial charge in [0.2, 0.25) is 0 Å². The molecule has 1 aromatic rings. The zero-order valence-corrected chi connectivity index (χ0v) is 10.3. The molecule has 0 amide bonds. The van der Waals surface area contributed by atoms with Gasteiger partial charge >= 0.3 is 0 Å². The summed E-state index contributed by atoms with van der Waals surface area (Å²) in [5.41, 5.74) is 2.12. The van der Waals surface area contributed by atoms with Crippen LogP contribution in [0.5, 0.6) is 0 Å². The highest BCUT2D eigenvalue weighted by atomic mass is 32.2. The molecule has 4 nitrogen and oxygen atoms in total. The van der Waals surface area contributed by atoms with Gasteiger partial charge in [-0.1, -0.05) is 6.92 Å². The van der Waals surface area contributed by atoms with Crippen LogP contribution in [0.2, 0.25) is 0 Å². The second kappa shape index (κ2) is 4.79. The smallest absolute Gasteiger partial charge is 0.150 e. The van der Waals surface area contributed by atoms with Crippen LogP contribution in [0.3, 0.4) is 0 Å². The first-order valence-corrected chi connectivity index (χ1v) is 6.97. The van der Waals surface area contributed by atoms with Crippen LogP contribution in [0.1, 0.15) is 24.7 Å². The van der Waals surface area contributed by atoms with Gasteiger partial charge in [-0.05, 0) is 20.3 Å². The molecule has 0 aliphatic carbocycles. The van der Waals surface area contributed by atoms with E-state index in [1.54, 1.807) is 13.3 Å². The molecular weight excluding hydrogens is 212 g/mol. The number of rotatable bonds is 5. The molecule has 0 saturated carbocycles. The summed E-state index contributed by atoms with van der Waals surface area (Å²) in [4.78, 5) is 4.16. The first-order valence-electron chi connectivity index (χ1n) is 5.15. The molecule has 0 atom stereocenters. The Kier molecular flexibility index (Phi) is 3.90. The first kappa shape index (κ1) is 12.2. The van der Waals surface area contributed by atoms with Crippen molar-refractivity contribution >= 4 is 9.84 Å². The fourth-order valence-corrected chi connectivity index (χ4v) is 2.23. The van der Waals surface area contributed by atoms with Crippen LogP contribution in [0, 0.1) is 13.8 Å². The van der Waals surface area contributed by atoms with Crippen molar-refractivity contribution in [3.05, 3.63) is 17.7 Å². The molecule has 1 rings (SSSR count). The highest BCUT2D eigenvalue weighted by Crippen LogP contribution is 2.05. The molecule has 0 radical (unpaired) electrons. The van der Waals surface area contributed by atoms with Crippen molar-refractivity contribution < 1.29 is 8.42 Å². The number of aryl methyl sites for hydroxylation is 2. The number of imidazole rings is 1. The molecule has 0 bridgehead atoms. The second-order valence-electron chi connectivity index (χ2n) is 3.70. The van der Waals surface area contributed by atoms with E-state index in [0.717, 1.165) is 17.9 Å². The van der Waals surface area contributed by atoms with Crippen molar-refractivity contribution in [2.75, 3.05) is 11.5 Å². The molecule has 15 heavy (non-hydrogen) atoms. The lowest BCUT2D eigenvalue weighted by molar-refractivity contribution is 0.586. The number of nitrogens with zero attached hydrogens (tertiary/aromatic N) is 2. The molecule has 86 valence electrons. The lowest BCUT2D eigenvalue weighted by atomic mass is 10.3. The molecule has 0 aromatic carbocycles. The van der Waals surface area contributed by atoms with E-state index in [4.69, 9.17) is 0 Å². The molecule has 0 aliphatic heterocycles. The maximum atomic E-state index is 11.3. The van der Waals surface area contributed by atoms with Crippen LogP contribution in [0.15, 0.2) is 6.33 Å². The Morgan fingerprint density at radius 1 is 1.40 bits per heavy atom. The van der Waals surface area contributed by atoms with Crippen molar-refractivity contribution in [3.8, 4) is 0 Å². The van der Waals surface area contributed by atoms with Crippen LogP contribution >= 0.6 is 0 Å². The van der Waals surface area contributed by atoms with Crippen molar-refractivity contribution in [1.82, 2.24) is 9.55 Å². The molecule has 0 saturated heterocycles. The van der Waals surface area contributed by atoms with Crippen LogP contribution in [-0.2, 0) is 16.4 Å². The average molecular weight is 230 g/mol. The van der Waals surface area contributed by atoms with Gasteiger partial charge in [0.25, 0.3) is 0 Å². The van der Waals surface area contributed by atoms with Gasteiger partial charge in [-0.3, -0.25) is 0 Å². The van der Waals surface area contributed by atoms with Gasteiger partial charge in [-0.15, -0.1) is 0 Å². The molecule has 0 unspecified atom stereocenters. The summed E-state index contributed by atoms with van der Waals surface area (Å²) in [6, 6.07) is 0. The van der Waals surface area contributed by atoms with Gasteiger partial charge in [0.1, 0.15) is 9.84 Å². The molecular formula is C10H18N2O2S. The van der Waals surface area contributed by atoms with Crippen LogP contribution in [0.25, 0.3) is 0 Å². The fraction of sp³-hybridized carbons (Fsp3) is 0.700. The molecule has 0 spiro atoms. The Bertz CT molecular complexity index is 421. The minimum Gasteiger partial charge on any atom is -0.335 e. The summed E-state index contributed by atoms with van der Waals surface area (Å²) >= 11 is 0. The van der Waals surface area contributed by atoms with E-state index in [0.29, 0.717) is 6.42 Å². The van der Waals surface area contributed by atoms with E-state index in [1.165, 1.54) is 0 Å². The summed E-state index contributed by atoms with van der Waals surface area (Å²) < 4.78 is 24.5. The van der Waals surface area contributed by atoms with Gasteiger partial charge in [-0.25, -0.2) is 13.4 Å². The topological polar surface area (TPSA) is 52.0 Å². The third-order valence-corrected chi connectivity index (χ3v) is 4.43. The van der Waals surface area contributed by atoms with E-state index in [-0.39, 0.29) is 11.5 Å². The molecule has 1 aromatic heterocycles. The van der Waals surface area contributed by atoms with Crippen molar-refractivity contribution in [2.24, 2.45) is 0 Å². The average Bonchev–Trinajstić information content (AvgIpc) is 2.49. The SMILES string of the molecule is CCS(=O)(=O)CCCn1cnc(C)c1C. The van der Waals surface area contributed by atoms with E-state index in [1.807, 2.05) is 18.4 Å². The zero-order valence-electron chi connectivity index (χ0n) is 9.52. The van der Waals surface area contributed by atoms with Gasteiger partial charge in [0.15, 0.2) is 0 Å². The Hall–Kier alpha value is -0.840. The van der Waals surface area contributed by atoms with Crippen molar-refractivity contribution in [1.29, 1.82) is 0 Å². The predicted octanol–water partition coefficient (Wildman–Crippen LogP) is 1.32. The van der Waals surface area contributed by atoms with E-state index < -0.39 is 9.84 Å². The third kappa shape index (κ3) is 3.34.